The third-order valence-electron chi connectivity index (χ3n) is 21.7. The van der Waals surface area contributed by atoms with Crippen molar-refractivity contribution in [2.45, 2.75) is 231 Å². The molecule has 0 bridgehead atoms. The van der Waals surface area contributed by atoms with Gasteiger partial charge in [-0.05, 0) is 209 Å². The predicted molar refractivity (Wildman–Crippen MR) is 561 cm³/mol. The van der Waals surface area contributed by atoms with Gasteiger partial charge in [0.05, 0.1) is 10.7 Å². The highest BCUT2D eigenvalue weighted by molar-refractivity contribution is 7.25. The normalized spacial score (nSPS) is 12.5. The average molecular weight is 1670 g/mol. The molecule has 0 amide bonds. The van der Waals surface area contributed by atoms with E-state index in [1.165, 1.54) is 153 Å². The number of rotatable bonds is 1. The Hall–Kier alpha value is -10.9. The van der Waals surface area contributed by atoms with E-state index in [9.17, 15) is 0 Å². The Morgan fingerprint density at radius 3 is 0.902 bits per heavy atom. The van der Waals surface area contributed by atoms with Crippen LogP contribution in [0.4, 0.5) is 0 Å². The van der Waals surface area contributed by atoms with Gasteiger partial charge in [0.1, 0.15) is 14.7 Å². The Kier molecular flexibility index (Phi) is 43.3. The molecule has 2 aliphatic heterocycles. The van der Waals surface area contributed by atoms with Crippen molar-refractivity contribution in [2.24, 2.45) is 9.98 Å². The summed E-state index contributed by atoms with van der Waals surface area (Å²) in [6.45, 7) is 63.5. The molecule has 0 spiro atoms. The average Bonchev–Trinajstić information content (AvgIpc) is 1.54. The molecule has 0 atom stereocenters. The summed E-state index contributed by atoms with van der Waals surface area (Å²) in [5.41, 5.74) is 28.5. The van der Waals surface area contributed by atoms with Crippen molar-refractivity contribution in [3.63, 3.8) is 0 Å². The fraction of sp³-hybridized carbons (Fsp3) is 0.294. The Bertz CT molecular complexity index is 5520. The molecule has 1 aromatic heterocycles. The third kappa shape index (κ3) is 24.6. The van der Waals surface area contributed by atoms with Crippen molar-refractivity contribution in [2.75, 3.05) is 6.67 Å². The van der Waals surface area contributed by atoms with Crippen LogP contribution in [-0.2, 0) is 23.7 Å². The maximum atomic E-state index is 4.29. The first kappa shape index (κ1) is 103. The predicted octanol–water partition coefficient (Wildman–Crippen LogP) is 34.6. The van der Waals surface area contributed by atoms with Crippen LogP contribution >= 0.6 is 11.3 Å². The molecule has 15 aromatic rings. The van der Waals surface area contributed by atoms with Crippen LogP contribution in [0, 0.1) is 13.8 Å². The van der Waals surface area contributed by atoms with E-state index in [0.29, 0.717) is 6.67 Å². The fourth-order valence-electron chi connectivity index (χ4n) is 16.3. The zero-order valence-corrected chi connectivity index (χ0v) is 82.8. The molecule has 4 aliphatic carbocycles. The second kappa shape index (κ2) is 51.9. The maximum Gasteiger partial charge on any atom is 0.130 e. The fourth-order valence-corrected chi connectivity index (χ4v) is 20.5. The molecule has 4 heteroatoms. The van der Waals surface area contributed by atoms with Crippen molar-refractivity contribution >= 4 is 83.7 Å². The second-order valence-electron chi connectivity index (χ2n) is 29.8. The Labute approximate surface area is 750 Å². The number of fused-ring (bicyclic) bond motifs is 17. The van der Waals surface area contributed by atoms with Gasteiger partial charge in [0.2, 0.25) is 0 Å². The minimum absolute atomic E-state index is 0.0721. The smallest absolute Gasteiger partial charge is 0.130 e. The first-order chi connectivity index (χ1) is 60.0. The van der Waals surface area contributed by atoms with Crippen molar-refractivity contribution in [1.82, 2.24) is 0 Å². The quantitative estimate of drug-likeness (QED) is 0.116. The Morgan fingerprint density at radius 2 is 0.561 bits per heavy atom. The van der Waals surface area contributed by atoms with Gasteiger partial charge < -0.3 is 0 Å². The van der Waals surface area contributed by atoms with Gasteiger partial charge in [-0.25, -0.2) is 0 Å². The van der Waals surface area contributed by atoms with Gasteiger partial charge in [-0.3, -0.25) is 9.98 Å². The maximum absolute atomic E-state index is 4.29. The van der Waals surface area contributed by atoms with E-state index in [1.807, 2.05) is 162 Å². The van der Waals surface area contributed by atoms with Crippen LogP contribution in [0.3, 0.4) is 0 Å². The van der Waals surface area contributed by atoms with E-state index in [2.05, 4.69) is 382 Å². The SMILES string of the molecule is CC.CC.CC.CC.CC.CC.CC.CC.CC.CC.CC1(C)c2ccccc2-c2cc3c(cc21)-c1ccccc1C3(C)C.CC1=Cc2cc3c(cc2C1)C=C(C)C3.C[Si]1(C)c2ccccc2-c2ccccc21.Cc1ccc(C)c2c1=NCN=2.c1ccc(-c2ccccc2)cc1.c1ccc2c(c1)sc1ccccc12.c1ccc2cc3ccccc3cc2c1. The van der Waals surface area contributed by atoms with Crippen LogP contribution in [0.5, 0.6) is 0 Å². The Balaban J connectivity index is 0.000000249. The third-order valence-corrected chi connectivity index (χ3v) is 26.4. The molecule has 6 aliphatic rings. The highest BCUT2D eigenvalue weighted by atomic mass is 32.1. The zero-order valence-electron chi connectivity index (χ0n) is 80.9. The van der Waals surface area contributed by atoms with Crippen LogP contribution in [0.25, 0.3) is 98.4 Å². The first-order valence-corrected chi connectivity index (χ1v) is 50.2. The first-order valence-electron chi connectivity index (χ1n) is 46.4. The standard InChI is InChI=1S/C24H22.C14H14Si.C14H14.C14H10.C12H8S.C12H10.C9H10N2.10C2H6/c1-23(2)19-11-7-5-9-15(19)17-14-22-18(13-21(17)23)16-10-6-8-12-20(16)24(22,3)4;1-15(2)13-9-5-3-7-11(13)12-8-4-6-10-14(12)15;1-9-3-11-7-13-5-10(2)6-14(13)8-12(11)4-9;1-2-6-12-10-14-8-4-3-7-13(14)9-11(12)5-1;1-3-7-11-9(5-1)10-6-2-4-8-12(10)13-11;1-3-7-11(8-4-1)12-9-5-2-6-10-12;1-6-3-4-7(2)9-8(6)10-5-11-9;10*1-2/h5-14H,1-4H3;3-10H,1-2H3;3,6-8H,4-5H2,1-2H3;1-10H;1-8H;1-10H;3-4H,5H2,1-2H3;10*1-2H3. The lowest BCUT2D eigenvalue weighted by Crippen LogP contribution is -2.49. The molecule has 0 radical (unpaired) electrons. The van der Waals surface area contributed by atoms with E-state index >= 15 is 0 Å². The molecule has 0 N–H and O–H groups in total. The lowest BCUT2D eigenvalue weighted by atomic mass is 9.79. The van der Waals surface area contributed by atoms with Gasteiger partial charge in [0, 0.05) is 31.0 Å². The van der Waals surface area contributed by atoms with E-state index in [-0.39, 0.29) is 10.8 Å². The lowest BCUT2D eigenvalue weighted by Gasteiger charge is -2.24. The molecule has 3 heterocycles. The van der Waals surface area contributed by atoms with E-state index in [4.69, 9.17) is 0 Å². The highest BCUT2D eigenvalue weighted by Crippen LogP contribution is 2.56. The summed E-state index contributed by atoms with van der Waals surface area (Å²) < 4.78 is 2.76. The summed E-state index contributed by atoms with van der Waals surface area (Å²) in [4.78, 5) is 8.59. The molecule has 2 nitrogen and oxygen atoms in total. The summed E-state index contributed by atoms with van der Waals surface area (Å²) in [6.07, 6.45) is 6.94. The number of hydrogen-bond acceptors (Lipinski definition) is 3. The second-order valence-corrected chi connectivity index (χ2v) is 35.2. The number of thiophene rings is 1. The van der Waals surface area contributed by atoms with E-state index in [1.54, 1.807) is 10.4 Å². The summed E-state index contributed by atoms with van der Waals surface area (Å²) in [6, 6.07) is 109. The van der Waals surface area contributed by atoms with Crippen molar-refractivity contribution in [3.05, 3.63) is 381 Å². The van der Waals surface area contributed by atoms with Crippen LogP contribution in [0.2, 0.25) is 13.1 Å². The largest absolute Gasteiger partial charge is 0.259 e. The molecule has 0 fully saturated rings. The topological polar surface area (TPSA) is 24.7 Å². The molecule has 14 aromatic carbocycles. The summed E-state index contributed by atoms with van der Waals surface area (Å²) in [5, 5.41) is 13.4. The van der Waals surface area contributed by atoms with Gasteiger partial charge in [-0.1, -0.05) is 469 Å². The number of hydrogen-bond donors (Lipinski definition) is 0. The van der Waals surface area contributed by atoms with E-state index in [0.717, 1.165) is 23.6 Å². The van der Waals surface area contributed by atoms with Gasteiger partial charge in [-0.2, -0.15) is 0 Å². The summed E-state index contributed by atoms with van der Waals surface area (Å²) >= 11 is 1.86. The van der Waals surface area contributed by atoms with Gasteiger partial charge >= 0.3 is 0 Å². The van der Waals surface area contributed by atoms with Crippen LogP contribution in [-0.4, -0.2) is 14.7 Å². The molecule has 0 saturated carbocycles. The minimum Gasteiger partial charge on any atom is -0.259 e. The molecule has 0 unspecified atom stereocenters. The van der Waals surface area contributed by atoms with Crippen LogP contribution in [0.15, 0.2) is 324 Å². The molecular weight excluding hydrogens is 1520 g/mol. The van der Waals surface area contributed by atoms with Gasteiger partial charge in [-0.15, -0.1) is 11.3 Å². The molecule has 0 saturated heterocycles. The lowest BCUT2D eigenvalue weighted by molar-refractivity contribution is 0.652. The van der Waals surface area contributed by atoms with Crippen LogP contribution < -0.4 is 21.1 Å². The Morgan fingerprint density at radius 1 is 0.276 bits per heavy atom. The molecular formula is C119H148N2SSi. The highest BCUT2D eigenvalue weighted by Gasteiger charge is 2.41. The van der Waals surface area contributed by atoms with Crippen LogP contribution in [0.1, 0.15) is 236 Å². The number of nitrogens with zero attached hydrogens (tertiary/aromatic N) is 2. The van der Waals surface area contributed by atoms with Gasteiger partial charge in [0.25, 0.3) is 0 Å². The molecule has 21 rings (SSSR count). The minimum atomic E-state index is -1.38. The number of aryl methyl sites for hydroxylation is 2. The van der Waals surface area contributed by atoms with Crippen molar-refractivity contribution in [1.29, 1.82) is 0 Å². The van der Waals surface area contributed by atoms with Gasteiger partial charge in [0.15, 0.2) is 0 Å². The zero-order chi connectivity index (χ0) is 91.0. The summed E-state index contributed by atoms with van der Waals surface area (Å²) in [7, 11) is -1.38. The van der Waals surface area contributed by atoms with Crippen molar-refractivity contribution < 1.29 is 0 Å². The van der Waals surface area contributed by atoms with E-state index < -0.39 is 8.07 Å². The number of benzene rings is 14. The molecule has 644 valence electrons. The number of allylic oxidation sites excluding steroid dienone is 2. The van der Waals surface area contributed by atoms with Crippen molar-refractivity contribution in [3.8, 4) is 44.5 Å². The molecule has 123 heavy (non-hydrogen) atoms. The monoisotopic (exact) mass is 1670 g/mol. The summed E-state index contributed by atoms with van der Waals surface area (Å²) in [5.74, 6) is 0.